The fourth-order valence-electron chi connectivity index (χ4n) is 2.10. The van der Waals surface area contributed by atoms with E-state index >= 15 is 0 Å². The molecule has 0 atom stereocenters. The van der Waals surface area contributed by atoms with Crippen molar-refractivity contribution in [2.24, 2.45) is 0 Å². The first-order chi connectivity index (χ1) is 8.75. The Hall–Kier alpha value is -1.10. The number of hydrogen-bond donors (Lipinski definition) is 0. The van der Waals surface area contributed by atoms with Crippen molar-refractivity contribution >= 4 is 39.9 Å². The molecule has 6 heteroatoms. The second-order valence-electron chi connectivity index (χ2n) is 4.05. The summed E-state index contributed by atoms with van der Waals surface area (Å²) in [5, 5.41) is 1.74. The largest absolute Gasteiger partial charge is 0.378 e. The Morgan fingerprint density at radius 1 is 1.11 bits per heavy atom. The van der Waals surface area contributed by atoms with Crippen LogP contribution in [-0.2, 0) is 4.74 Å². The number of nitrogens with zero attached hydrogens (tertiary/aromatic N) is 3. The predicted octanol–water partition coefficient (Wildman–Crippen LogP) is 2.77. The third kappa shape index (κ3) is 2.11. The summed E-state index contributed by atoms with van der Waals surface area (Å²) in [7, 11) is 0. The van der Waals surface area contributed by atoms with Gasteiger partial charge < -0.3 is 9.64 Å². The Morgan fingerprint density at radius 2 is 1.89 bits per heavy atom. The monoisotopic (exact) mass is 283 g/mol. The summed E-state index contributed by atoms with van der Waals surface area (Å²) in [6, 6.07) is 5.58. The molecule has 0 saturated carbocycles. The van der Waals surface area contributed by atoms with Gasteiger partial charge in [0, 0.05) is 13.1 Å². The van der Waals surface area contributed by atoms with Gasteiger partial charge in [0.1, 0.15) is 5.82 Å². The van der Waals surface area contributed by atoms with Gasteiger partial charge in [0.2, 0.25) is 5.28 Å². The zero-order valence-electron chi connectivity index (χ0n) is 9.57. The molecule has 0 bridgehead atoms. The number of aromatic nitrogens is 2. The minimum atomic E-state index is 0.242. The van der Waals surface area contributed by atoms with E-state index in [0.29, 0.717) is 18.2 Å². The molecule has 0 amide bonds. The van der Waals surface area contributed by atoms with Crippen molar-refractivity contribution in [2.75, 3.05) is 31.2 Å². The minimum absolute atomic E-state index is 0.242. The van der Waals surface area contributed by atoms with E-state index in [1.54, 1.807) is 0 Å². The van der Waals surface area contributed by atoms with Gasteiger partial charge in [-0.3, -0.25) is 0 Å². The number of halogens is 2. The fourth-order valence-corrected chi connectivity index (χ4v) is 2.52. The molecule has 94 valence electrons. The van der Waals surface area contributed by atoms with E-state index in [1.807, 2.05) is 18.2 Å². The standard InChI is InChI=1S/C12H11Cl2N3O/c13-8-2-1-3-9-10(8)11(16-12(14)15-9)17-4-6-18-7-5-17/h1-3H,4-7H2. The highest BCUT2D eigenvalue weighted by Crippen LogP contribution is 2.31. The third-order valence-electron chi connectivity index (χ3n) is 2.94. The minimum Gasteiger partial charge on any atom is -0.378 e. The predicted molar refractivity (Wildman–Crippen MR) is 72.6 cm³/mol. The first-order valence-electron chi connectivity index (χ1n) is 5.70. The van der Waals surface area contributed by atoms with Gasteiger partial charge in [-0.2, -0.15) is 4.98 Å². The lowest BCUT2D eigenvalue weighted by Gasteiger charge is -2.28. The highest BCUT2D eigenvalue weighted by atomic mass is 35.5. The van der Waals surface area contributed by atoms with Gasteiger partial charge in [-0.15, -0.1) is 0 Å². The Bertz CT molecular complexity index is 585. The number of ether oxygens (including phenoxy) is 1. The first-order valence-corrected chi connectivity index (χ1v) is 6.46. The SMILES string of the molecule is Clc1nc(N2CCOCC2)c2c(Cl)cccc2n1. The number of fused-ring (bicyclic) bond motifs is 1. The molecule has 1 aromatic carbocycles. The van der Waals surface area contributed by atoms with Crippen LogP contribution in [0.5, 0.6) is 0 Å². The van der Waals surface area contributed by atoms with Crippen molar-refractivity contribution in [1.82, 2.24) is 9.97 Å². The lowest BCUT2D eigenvalue weighted by Crippen LogP contribution is -2.37. The van der Waals surface area contributed by atoms with Crippen LogP contribution < -0.4 is 4.90 Å². The summed E-state index contributed by atoms with van der Waals surface area (Å²) in [6.45, 7) is 2.95. The van der Waals surface area contributed by atoms with E-state index in [4.69, 9.17) is 27.9 Å². The van der Waals surface area contributed by atoms with E-state index in [1.165, 1.54) is 0 Å². The summed E-state index contributed by atoms with van der Waals surface area (Å²) in [6.07, 6.45) is 0. The Balaban J connectivity index is 2.19. The van der Waals surface area contributed by atoms with E-state index < -0.39 is 0 Å². The maximum absolute atomic E-state index is 6.25. The molecule has 18 heavy (non-hydrogen) atoms. The maximum Gasteiger partial charge on any atom is 0.224 e. The quantitative estimate of drug-likeness (QED) is 0.755. The van der Waals surface area contributed by atoms with Crippen LogP contribution in [0, 0.1) is 0 Å². The van der Waals surface area contributed by atoms with Crippen LogP contribution in [0.1, 0.15) is 0 Å². The topological polar surface area (TPSA) is 38.2 Å². The van der Waals surface area contributed by atoms with E-state index in [2.05, 4.69) is 14.9 Å². The number of benzene rings is 1. The smallest absolute Gasteiger partial charge is 0.224 e. The van der Waals surface area contributed by atoms with E-state index in [-0.39, 0.29) is 5.28 Å². The number of rotatable bonds is 1. The van der Waals surface area contributed by atoms with Gasteiger partial charge >= 0.3 is 0 Å². The normalized spacial score (nSPS) is 16.2. The molecule has 0 spiro atoms. The fraction of sp³-hybridized carbons (Fsp3) is 0.333. The molecule has 0 unspecified atom stereocenters. The molecule has 1 fully saturated rings. The molecule has 0 radical (unpaired) electrons. The summed E-state index contributed by atoms with van der Waals surface area (Å²) >= 11 is 12.2. The van der Waals surface area contributed by atoms with Crippen molar-refractivity contribution in [3.8, 4) is 0 Å². The Labute approximate surface area is 114 Å². The van der Waals surface area contributed by atoms with E-state index in [9.17, 15) is 0 Å². The van der Waals surface area contributed by atoms with Crippen molar-refractivity contribution in [2.45, 2.75) is 0 Å². The van der Waals surface area contributed by atoms with Gasteiger partial charge in [0.25, 0.3) is 0 Å². The number of hydrogen-bond acceptors (Lipinski definition) is 4. The molecule has 1 saturated heterocycles. The molecule has 1 aromatic heterocycles. The Kier molecular flexibility index (Phi) is 3.24. The zero-order valence-corrected chi connectivity index (χ0v) is 11.1. The third-order valence-corrected chi connectivity index (χ3v) is 3.42. The van der Waals surface area contributed by atoms with E-state index in [0.717, 1.165) is 29.8 Å². The van der Waals surface area contributed by atoms with Gasteiger partial charge in [-0.1, -0.05) is 17.7 Å². The molecule has 2 heterocycles. The summed E-state index contributed by atoms with van der Waals surface area (Å²) in [4.78, 5) is 10.7. The molecule has 2 aromatic rings. The highest BCUT2D eigenvalue weighted by Gasteiger charge is 2.18. The average Bonchev–Trinajstić information content (AvgIpc) is 2.39. The van der Waals surface area contributed by atoms with Crippen LogP contribution in [0.15, 0.2) is 18.2 Å². The van der Waals surface area contributed by atoms with Gasteiger partial charge in [-0.25, -0.2) is 4.98 Å². The molecule has 1 aliphatic heterocycles. The average molecular weight is 284 g/mol. The summed E-state index contributed by atoms with van der Waals surface area (Å²) in [5.74, 6) is 0.791. The van der Waals surface area contributed by atoms with Crippen LogP contribution >= 0.6 is 23.2 Å². The van der Waals surface area contributed by atoms with Crippen LogP contribution in [0.4, 0.5) is 5.82 Å². The van der Waals surface area contributed by atoms with Gasteiger partial charge in [-0.05, 0) is 23.7 Å². The zero-order chi connectivity index (χ0) is 12.5. The molecule has 0 aliphatic carbocycles. The lowest BCUT2D eigenvalue weighted by molar-refractivity contribution is 0.122. The number of morpholine rings is 1. The Morgan fingerprint density at radius 3 is 2.67 bits per heavy atom. The first kappa shape index (κ1) is 12.0. The van der Waals surface area contributed by atoms with Crippen molar-refractivity contribution in [1.29, 1.82) is 0 Å². The molecular weight excluding hydrogens is 273 g/mol. The van der Waals surface area contributed by atoms with Crippen molar-refractivity contribution < 1.29 is 4.74 Å². The van der Waals surface area contributed by atoms with Crippen LogP contribution in [-0.4, -0.2) is 36.3 Å². The van der Waals surface area contributed by atoms with Crippen molar-refractivity contribution in [3.63, 3.8) is 0 Å². The molecule has 1 aliphatic rings. The summed E-state index contributed by atoms with van der Waals surface area (Å²) < 4.78 is 5.34. The van der Waals surface area contributed by atoms with Gasteiger partial charge in [0.05, 0.1) is 29.1 Å². The molecule has 3 rings (SSSR count). The molecular formula is C12H11Cl2N3O. The van der Waals surface area contributed by atoms with Crippen LogP contribution in [0.3, 0.4) is 0 Å². The maximum atomic E-state index is 6.25. The highest BCUT2D eigenvalue weighted by molar-refractivity contribution is 6.36. The van der Waals surface area contributed by atoms with Gasteiger partial charge in [0.15, 0.2) is 0 Å². The molecule has 4 nitrogen and oxygen atoms in total. The second kappa shape index (κ2) is 4.88. The second-order valence-corrected chi connectivity index (χ2v) is 4.79. The van der Waals surface area contributed by atoms with Crippen LogP contribution in [0.2, 0.25) is 10.3 Å². The molecule has 0 N–H and O–H groups in total. The summed E-state index contributed by atoms with van der Waals surface area (Å²) in [5.41, 5.74) is 0.768. The van der Waals surface area contributed by atoms with Crippen LogP contribution in [0.25, 0.3) is 10.9 Å². The number of anilines is 1. The lowest BCUT2D eigenvalue weighted by atomic mass is 10.2. The van der Waals surface area contributed by atoms with Crippen molar-refractivity contribution in [3.05, 3.63) is 28.5 Å².